The van der Waals surface area contributed by atoms with Gasteiger partial charge in [0.05, 0.1) is 6.33 Å². The van der Waals surface area contributed by atoms with E-state index >= 15 is 0 Å². The van der Waals surface area contributed by atoms with E-state index in [-0.39, 0.29) is 12.2 Å². The number of nitrogens with zero attached hydrogens (tertiary/aromatic N) is 6. The zero-order chi connectivity index (χ0) is 27.5. The molecule has 2 aromatic heterocycles. The van der Waals surface area contributed by atoms with Gasteiger partial charge in [0.25, 0.3) is 0 Å². The highest BCUT2D eigenvalue weighted by atomic mass is 16.6. The average Bonchev–Trinajstić information content (AvgIpc) is 3.62. The SMILES string of the molecule is Nc1ncnc2c1ncn2[C@@H]1O[C@H](CN(CC[C@H](N)C(=O)O)CC2CN(CCCC3CCCC3)C2)[C@@H](O)[C@H]1O. The summed E-state index contributed by atoms with van der Waals surface area (Å²) in [6.45, 7) is 4.68. The highest BCUT2D eigenvalue weighted by molar-refractivity contribution is 5.81. The van der Waals surface area contributed by atoms with Crippen molar-refractivity contribution in [3.63, 3.8) is 0 Å². The topological polar surface area (TPSA) is 189 Å². The Morgan fingerprint density at radius 3 is 2.64 bits per heavy atom. The van der Waals surface area contributed by atoms with Crippen LogP contribution in [0.25, 0.3) is 11.2 Å². The number of aliphatic hydroxyl groups excluding tert-OH is 2. The van der Waals surface area contributed by atoms with Crippen LogP contribution >= 0.6 is 0 Å². The summed E-state index contributed by atoms with van der Waals surface area (Å²) in [4.78, 5) is 28.3. The molecule has 2 saturated heterocycles. The molecule has 0 unspecified atom stereocenters. The number of anilines is 1. The fourth-order valence-corrected chi connectivity index (χ4v) is 6.37. The molecule has 1 saturated carbocycles. The lowest BCUT2D eigenvalue weighted by atomic mass is 9.96. The standard InChI is InChI=1S/C26H42N8O5/c27-18(26(37)38)7-9-33(12-17-10-32(11-17)8-3-6-16-4-1-2-5-16)13-19-21(35)22(36)25(39-19)34-15-31-20-23(28)29-14-30-24(20)34/h14-19,21-22,25,35-36H,1-13,27H2,(H,37,38)(H2,28,29,30)/t18-,19+,21+,22+,25+/m0/s1. The second-order valence-corrected chi connectivity index (χ2v) is 11.5. The van der Waals surface area contributed by atoms with Crippen LogP contribution in [0, 0.1) is 11.8 Å². The maximum Gasteiger partial charge on any atom is 0.320 e. The normalized spacial score (nSPS) is 27.5. The lowest BCUT2D eigenvalue weighted by Crippen LogP contribution is -2.53. The van der Waals surface area contributed by atoms with Crippen LogP contribution in [0.5, 0.6) is 0 Å². The van der Waals surface area contributed by atoms with E-state index in [0.717, 1.165) is 32.1 Å². The first-order chi connectivity index (χ1) is 18.8. The number of fused-ring (bicyclic) bond motifs is 1. The highest BCUT2D eigenvalue weighted by Gasteiger charge is 2.45. The third-order valence-electron chi connectivity index (χ3n) is 8.62. The molecule has 4 heterocycles. The van der Waals surface area contributed by atoms with Gasteiger partial charge in [-0.25, -0.2) is 15.0 Å². The Hall–Kier alpha value is -2.42. The molecule has 5 rings (SSSR count). The molecular weight excluding hydrogens is 504 g/mol. The van der Waals surface area contributed by atoms with E-state index in [0.29, 0.717) is 30.2 Å². The van der Waals surface area contributed by atoms with E-state index in [1.165, 1.54) is 51.2 Å². The lowest BCUT2D eigenvalue weighted by molar-refractivity contribution is -0.138. The minimum absolute atomic E-state index is 0.220. The number of likely N-dealkylation sites (tertiary alicyclic amines) is 1. The number of ether oxygens (including phenoxy) is 1. The summed E-state index contributed by atoms with van der Waals surface area (Å²) in [5.74, 6) is 0.553. The molecule has 3 fully saturated rings. The predicted octanol–water partition coefficient (Wildman–Crippen LogP) is 0.0339. The Bertz CT molecular complexity index is 1110. The number of rotatable bonds is 13. The molecule has 0 radical (unpaired) electrons. The number of hydrogen-bond donors (Lipinski definition) is 5. The van der Waals surface area contributed by atoms with Crippen molar-refractivity contribution < 1.29 is 24.9 Å². The maximum absolute atomic E-state index is 11.3. The lowest BCUT2D eigenvalue weighted by Gasteiger charge is -2.42. The molecule has 0 amide bonds. The number of carboxylic acid groups (broad SMARTS) is 1. The maximum atomic E-state index is 11.3. The molecule has 216 valence electrons. The molecule has 2 aromatic rings. The van der Waals surface area contributed by atoms with Crippen LogP contribution in [-0.4, -0.2) is 114 Å². The Labute approximate surface area is 228 Å². The van der Waals surface area contributed by atoms with E-state index in [9.17, 15) is 20.1 Å². The fraction of sp³-hybridized carbons (Fsp3) is 0.769. The van der Waals surface area contributed by atoms with Crippen molar-refractivity contribution in [3.8, 4) is 0 Å². The molecule has 5 atom stereocenters. The number of nitrogen functional groups attached to an aromatic ring is 1. The second-order valence-electron chi connectivity index (χ2n) is 11.5. The highest BCUT2D eigenvalue weighted by Crippen LogP contribution is 2.33. The van der Waals surface area contributed by atoms with E-state index in [2.05, 4.69) is 24.8 Å². The molecule has 0 bridgehead atoms. The largest absolute Gasteiger partial charge is 0.480 e. The van der Waals surface area contributed by atoms with Crippen LogP contribution in [0.2, 0.25) is 0 Å². The van der Waals surface area contributed by atoms with Crippen LogP contribution in [0.3, 0.4) is 0 Å². The van der Waals surface area contributed by atoms with Gasteiger partial charge in [-0.2, -0.15) is 0 Å². The third-order valence-corrected chi connectivity index (χ3v) is 8.62. The van der Waals surface area contributed by atoms with Gasteiger partial charge < -0.3 is 41.3 Å². The van der Waals surface area contributed by atoms with Gasteiger partial charge in [-0.15, -0.1) is 0 Å². The molecule has 2 aliphatic heterocycles. The van der Waals surface area contributed by atoms with Gasteiger partial charge in [-0.3, -0.25) is 9.36 Å². The van der Waals surface area contributed by atoms with Crippen LogP contribution in [0.15, 0.2) is 12.7 Å². The average molecular weight is 547 g/mol. The molecule has 7 N–H and O–H groups in total. The number of aliphatic carboxylic acids is 1. The predicted molar refractivity (Wildman–Crippen MR) is 143 cm³/mol. The molecule has 0 aromatic carbocycles. The van der Waals surface area contributed by atoms with Gasteiger partial charge in [0, 0.05) is 32.7 Å². The number of nitrogens with two attached hydrogens (primary N) is 2. The van der Waals surface area contributed by atoms with Crippen molar-refractivity contribution in [1.82, 2.24) is 29.3 Å². The van der Waals surface area contributed by atoms with E-state index in [4.69, 9.17) is 16.2 Å². The van der Waals surface area contributed by atoms with E-state index < -0.39 is 36.6 Å². The summed E-state index contributed by atoms with van der Waals surface area (Å²) in [6, 6.07) is -0.962. The van der Waals surface area contributed by atoms with Crippen LogP contribution in [0.4, 0.5) is 5.82 Å². The smallest absolute Gasteiger partial charge is 0.320 e. The van der Waals surface area contributed by atoms with Gasteiger partial charge in [-0.1, -0.05) is 25.7 Å². The molecule has 1 aliphatic carbocycles. The molecule has 39 heavy (non-hydrogen) atoms. The quantitative estimate of drug-likeness (QED) is 0.227. The number of carbonyl (C=O) groups is 1. The van der Waals surface area contributed by atoms with Gasteiger partial charge in [0.2, 0.25) is 0 Å². The number of carboxylic acids is 1. The number of imidazole rings is 1. The van der Waals surface area contributed by atoms with Crippen LogP contribution < -0.4 is 11.5 Å². The van der Waals surface area contributed by atoms with Crippen LogP contribution in [-0.2, 0) is 9.53 Å². The van der Waals surface area contributed by atoms with Crippen molar-refractivity contribution in [1.29, 1.82) is 0 Å². The van der Waals surface area contributed by atoms with E-state index in [1.807, 2.05) is 0 Å². The van der Waals surface area contributed by atoms with Crippen LogP contribution in [0.1, 0.15) is 51.2 Å². The van der Waals surface area contributed by atoms with E-state index in [1.54, 1.807) is 4.57 Å². The van der Waals surface area contributed by atoms with Gasteiger partial charge in [0.1, 0.15) is 36.2 Å². The zero-order valence-electron chi connectivity index (χ0n) is 22.4. The Morgan fingerprint density at radius 2 is 1.90 bits per heavy atom. The third kappa shape index (κ3) is 6.50. The molecule has 13 nitrogen and oxygen atoms in total. The van der Waals surface area contributed by atoms with Gasteiger partial charge in [-0.05, 0) is 37.6 Å². The molecule has 3 aliphatic rings. The molecule has 0 spiro atoms. The first-order valence-corrected chi connectivity index (χ1v) is 14.2. The zero-order valence-corrected chi connectivity index (χ0v) is 22.4. The van der Waals surface area contributed by atoms with Crippen molar-refractivity contribution in [2.45, 2.75) is 75.5 Å². The second kappa shape index (κ2) is 12.4. The first-order valence-electron chi connectivity index (χ1n) is 14.2. The Kier molecular flexibility index (Phi) is 8.94. The number of aliphatic hydroxyl groups is 2. The summed E-state index contributed by atoms with van der Waals surface area (Å²) in [6.07, 6.45) is 7.25. The summed E-state index contributed by atoms with van der Waals surface area (Å²) in [5, 5.41) is 31.0. The summed E-state index contributed by atoms with van der Waals surface area (Å²) in [5.41, 5.74) is 12.5. The Morgan fingerprint density at radius 1 is 1.13 bits per heavy atom. The van der Waals surface area contributed by atoms with Crippen molar-refractivity contribution in [2.24, 2.45) is 17.6 Å². The summed E-state index contributed by atoms with van der Waals surface area (Å²) >= 11 is 0. The Balaban J connectivity index is 1.17. The molecule has 13 heteroatoms. The van der Waals surface area contributed by atoms with Gasteiger partial charge >= 0.3 is 5.97 Å². The monoisotopic (exact) mass is 546 g/mol. The van der Waals surface area contributed by atoms with Crippen molar-refractivity contribution >= 4 is 23.0 Å². The number of hydrogen-bond acceptors (Lipinski definition) is 11. The fourth-order valence-electron chi connectivity index (χ4n) is 6.37. The number of aromatic nitrogens is 4. The summed E-state index contributed by atoms with van der Waals surface area (Å²) < 4.78 is 7.70. The minimum atomic E-state index is -1.20. The first kappa shape index (κ1) is 28.1. The molecular formula is C26H42N8O5. The van der Waals surface area contributed by atoms with Crippen molar-refractivity contribution in [2.75, 3.05) is 45.0 Å². The van der Waals surface area contributed by atoms with Crippen molar-refractivity contribution in [3.05, 3.63) is 12.7 Å². The summed E-state index contributed by atoms with van der Waals surface area (Å²) in [7, 11) is 0. The van der Waals surface area contributed by atoms with Gasteiger partial charge in [0.15, 0.2) is 17.7 Å². The minimum Gasteiger partial charge on any atom is -0.480 e.